The summed E-state index contributed by atoms with van der Waals surface area (Å²) in [5, 5.41) is 5.64. The third-order valence-electron chi connectivity index (χ3n) is 6.24. The van der Waals surface area contributed by atoms with E-state index in [1.54, 1.807) is 4.90 Å². The number of rotatable bonds is 3. The normalized spacial score (nSPS) is 26.1. The number of hydrogen-bond acceptors (Lipinski definition) is 4. The molecule has 5 rings (SSSR count). The molecule has 0 aromatic carbocycles. The molecule has 0 bridgehead atoms. The Morgan fingerprint density at radius 2 is 1.93 bits per heavy atom. The van der Waals surface area contributed by atoms with Gasteiger partial charge in [0.1, 0.15) is 11.1 Å². The molecule has 2 aliphatic carbocycles. The highest BCUT2D eigenvalue weighted by Crippen LogP contribution is 2.59. The van der Waals surface area contributed by atoms with Crippen molar-refractivity contribution in [1.29, 1.82) is 0 Å². The molecular weight excluding hydrogens is 395 g/mol. The van der Waals surface area contributed by atoms with Crippen molar-refractivity contribution < 1.29 is 13.9 Å². The third kappa shape index (κ3) is 3.09. The van der Waals surface area contributed by atoms with Crippen LogP contribution in [0.5, 0.6) is 0 Å². The number of piperidine rings is 1. The lowest BCUT2D eigenvalue weighted by Crippen LogP contribution is -2.36. The van der Waals surface area contributed by atoms with Gasteiger partial charge in [-0.3, -0.25) is 4.68 Å². The smallest absolute Gasteiger partial charge is 0.410 e. The fraction of sp³-hybridized carbons (Fsp3) is 0.667. The minimum absolute atomic E-state index is 0.0743. The molecule has 3 heterocycles. The van der Waals surface area contributed by atoms with Gasteiger partial charge in [-0.05, 0) is 51.9 Å². The first-order valence-electron chi connectivity index (χ1n) is 10.4. The zero-order valence-corrected chi connectivity index (χ0v) is 18.0. The minimum Gasteiger partial charge on any atom is -0.444 e. The molecule has 3 fully saturated rings. The van der Waals surface area contributed by atoms with Gasteiger partial charge in [0, 0.05) is 24.4 Å². The molecule has 1 aliphatic heterocycles. The quantitative estimate of drug-likeness (QED) is 0.675. The molecule has 0 radical (unpaired) electrons. The van der Waals surface area contributed by atoms with Crippen LogP contribution in [0.1, 0.15) is 63.9 Å². The van der Waals surface area contributed by atoms with Crippen molar-refractivity contribution in [2.24, 2.45) is 11.8 Å². The molecular formula is C21H26ClFN4O2. The van der Waals surface area contributed by atoms with E-state index in [1.807, 2.05) is 32.4 Å². The number of halogens is 2. The summed E-state index contributed by atoms with van der Waals surface area (Å²) >= 11 is 6.09. The van der Waals surface area contributed by atoms with E-state index >= 15 is 0 Å². The maximum Gasteiger partial charge on any atom is 0.410 e. The summed E-state index contributed by atoms with van der Waals surface area (Å²) in [6.07, 6.45) is 2.44. The first kappa shape index (κ1) is 19.1. The maximum absolute atomic E-state index is 15.0. The fourth-order valence-corrected chi connectivity index (χ4v) is 4.94. The lowest BCUT2D eigenvalue weighted by atomic mass is 10.1. The number of amides is 1. The summed E-state index contributed by atoms with van der Waals surface area (Å²) in [4.78, 5) is 18.5. The summed E-state index contributed by atoms with van der Waals surface area (Å²) in [5.74, 6) is 0.461. The Bertz CT molecular complexity index is 999. The number of pyridine rings is 1. The third-order valence-corrected chi connectivity index (χ3v) is 6.49. The number of fused-ring (bicyclic) bond motifs is 2. The highest BCUT2D eigenvalue weighted by atomic mass is 35.5. The van der Waals surface area contributed by atoms with Crippen LogP contribution in [0.2, 0.25) is 5.15 Å². The predicted octanol–water partition coefficient (Wildman–Crippen LogP) is 4.70. The standard InChI is InChI=1S/C21H26ClFN4O2/c1-5-13-15-17(25-27(10-6-7-10)18(15)16(23)19(22)24-13)14-11-8-26(9-12(11)14)20(28)29-21(2,3)4/h10-12,14H,5-9H2,1-4H3/t11-,12+,14?. The average Bonchev–Trinajstić information content (AvgIpc) is 3.52. The van der Waals surface area contributed by atoms with Gasteiger partial charge in [0.05, 0.1) is 17.4 Å². The van der Waals surface area contributed by atoms with Gasteiger partial charge in [-0.25, -0.2) is 14.2 Å². The largest absolute Gasteiger partial charge is 0.444 e. The van der Waals surface area contributed by atoms with Crippen molar-refractivity contribution in [3.63, 3.8) is 0 Å². The predicted molar refractivity (Wildman–Crippen MR) is 108 cm³/mol. The van der Waals surface area contributed by atoms with Crippen molar-refractivity contribution >= 4 is 28.6 Å². The minimum atomic E-state index is -0.499. The number of carbonyl (C=O) groups is 1. The summed E-state index contributed by atoms with van der Waals surface area (Å²) in [6, 6.07) is 0.251. The van der Waals surface area contributed by atoms with Crippen molar-refractivity contribution in [2.75, 3.05) is 13.1 Å². The second-order valence-corrected chi connectivity index (χ2v) is 9.90. The number of carbonyl (C=O) groups excluding carboxylic acids is 1. The molecule has 29 heavy (non-hydrogen) atoms. The first-order valence-corrected chi connectivity index (χ1v) is 10.8. The lowest BCUT2D eigenvalue weighted by molar-refractivity contribution is 0.0271. The molecule has 3 aliphatic rings. The molecule has 1 saturated heterocycles. The average molecular weight is 421 g/mol. The van der Waals surface area contributed by atoms with Crippen LogP contribution in [-0.2, 0) is 11.2 Å². The Kier molecular flexibility index (Phi) is 4.15. The number of likely N-dealkylation sites (tertiary alicyclic amines) is 1. The monoisotopic (exact) mass is 420 g/mol. The SMILES string of the molecule is CCc1nc(Cl)c(F)c2c1c(C1[C@H]3CN(C(=O)OC(C)(C)C)C[C@@H]13)nn2C1CC1. The summed E-state index contributed by atoms with van der Waals surface area (Å²) < 4.78 is 22.3. The van der Waals surface area contributed by atoms with Gasteiger partial charge in [-0.1, -0.05) is 18.5 Å². The number of ether oxygens (including phenoxy) is 1. The van der Waals surface area contributed by atoms with Gasteiger partial charge in [-0.15, -0.1) is 0 Å². The molecule has 8 heteroatoms. The van der Waals surface area contributed by atoms with E-state index in [2.05, 4.69) is 4.98 Å². The van der Waals surface area contributed by atoms with E-state index in [0.717, 1.165) is 29.6 Å². The molecule has 156 valence electrons. The highest BCUT2D eigenvalue weighted by Gasteiger charge is 2.59. The van der Waals surface area contributed by atoms with Crippen molar-refractivity contribution in [1.82, 2.24) is 19.7 Å². The van der Waals surface area contributed by atoms with Crippen LogP contribution in [0.15, 0.2) is 0 Å². The molecule has 2 aromatic rings. The Morgan fingerprint density at radius 1 is 1.28 bits per heavy atom. The Balaban J connectivity index is 1.46. The highest BCUT2D eigenvalue weighted by molar-refractivity contribution is 6.30. The van der Waals surface area contributed by atoms with E-state index in [4.69, 9.17) is 21.4 Å². The molecule has 1 amide bonds. The van der Waals surface area contributed by atoms with E-state index in [-0.39, 0.29) is 23.2 Å². The molecule has 2 aromatic heterocycles. The number of aromatic nitrogens is 3. The maximum atomic E-state index is 15.0. The van der Waals surface area contributed by atoms with Crippen LogP contribution < -0.4 is 0 Å². The Labute approximate surface area is 174 Å². The number of nitrogens with zero attached hydrogens (tertiary/aromatic N) is 4. The topological polar surface area (TPSA) is 60.3 Å². The molecule has 1 unspecified atom stereocenters. The van der Waals surface area contributed by atoms with Crippen LogP contribution in [0.25, 0.3) is 10.9 Å². The zero-order valence-electron chi connectivity index (χ0n) is 17.2. The zero-order chi connectivity index (χ0) is 20.7. The molecule has 6 nitrogen and oxygen atoms in total. The van der Waals surface area contributed by atoms with Gasteiger partial charge in [0.15, 0.2) is 11.0 Å². The van der Waals surface area contributed by atoms with Gasteiger partial charge in [0.2, 0.25) is 0 Å². The first-order chi connectivity index (χ1) is 13.7. The summed E-state index contributed by atoms with van der Waals surface area (Å²) in [6.45, 7) is 8.95. The van der Waals surface area contributed by atoms with Gasteiger partial charge < -0.3 is 9.64 Å². The van der Waals surface area contributed by atoms with Crippen LogP contribution in [-0.4, -0.2) is 44.4 Å². The van der Waals surface area contributed by atoms with Crippen LogP contribution in [0.4, 0.5) is 9.18 Å². The van der Waals surface area contributed by atoms with Gasteiger partial charge >= 0.3 is 6.09 Å². The number of hydrogen-bond donors (Lipinski definition) is 0. The van der Waals surface area contributed by atoms with Crippen LogP contribution in [0.3, 0.4) is 0 Å². The van der Waals surface area contributed by atoms with Crippen molar-refractivity contribution in [3.05, 3.63) is 22.4 Å². The second-order valence-electron chi connectivity index (χ2n) is 9.54. The van der Waals surface area contributed by atoms with E-state index in [0.29, 0.717) is 36.9 Å². The van der Waals surface area contributed by atoms with Crippen LogP contribution in [0, 0.1) is 17.7 Å². The van der Waals surface area contributed by atoms with Crippen LogP contribution >= 0.6 is 11.6 Å². The van der Waals surface area contributed by atoms with Gasteiger partial charge in [0.25, 0.3) is 0 Å². The summed E-state index contributed by atoms with van der Waals surface area (Å²) in [7, 11) is 0. The second kappa shape index (κ2) is 6.30. The lowest BCUT2D eigenvalue weighted by Gasteiger charge is -2.25. The molecule has 0 spiro atoms. The Hall–Kier alpha value is -1.89. The van der Waals surface area contributed by atoms with E-state index in [9.17, 15) is 9.18 Å². The van der Waals surface area contributed by atoms with Crippen molar-refractivity contribution in [2.45, 2.75) is 64.5 Å². The molecule has 2 saturated carbocycles. The van der Waals surface area contributed by atoms with E-state index in [1.165, 1.54) is 0 Å². The number of aryl methyl sites for hydroxylation is 1. The van der Waals surface area contributed by atoms with Gasteiger partial charge in [-0.2, -0.15) is 5.10 Å². The fourth-order valence-electron chi connectivity index (χ4n) is 4.75. The molecule has 0 N–H and O–H groups in total. The van der Waals surface area contributed by atoms with E-state index < -0.39 is 11.4 Å². The summed E-state index contributed by atoms with van der Waals surface area (Å²) in [5.41, 5.74) is 1.75. The Morgan fingerprint density at radius 3 is 2.48 bits per heavy atom. The van der Waals surface area contributed by atoms with Crippen molar-refractivity contribution in [3.8, 4) is 0 Å². The molecule has 3 atom stereocenters.